The molecule has 1 atom stereocenters. The second kappa shape index (κ2) is 9.10. The van der Waals surface area contributed by atoms with Gasteiger partial charge in [-0.25, -0.2) is 4.79 Å². The highest BCUT2D eigenvalue weighted by atomic mass is 16.5. The fourth-order valence-corrected chi connectivity index (χ4v) is 2.98. The van der Waals surface area contributed by atoms with Crippen LogP contribution in [0, 0.1) is 0 Å². The first-order valence-electron chi connectivity index (χ1n) is 9.21. The molecule has 0 bridgehead atoms. The summed E-state index contributed by atoms with van der Waals surface area (Å²) < 4.78 is 15.9. The van der Waals surface area contributed by atoms with Crippen LogP contribution in [0.2, 0.25) is 0 Å². The molecule has 150 valence electrons. The van der Waals surface area contributed by atoms with Gasteiger partial charge in [-0.05, 0) is 42.1 Å². The molecule has 0 unspecified atom stereocenters. The first-order chi connectivity index (χ1) is 14.0. The van der Waals surface area contributed by atoms with Crippen molar-refractivity contribution in [2.75, 3.05) is 14.2 Å². The van der Waals surface area contributed by atoms with Crippen LogP contribution in [0.5, 0.6) is 11.5 Å². The van der Waals surface area contributed by atoms with Gasteiger partial charge in [-0.2, -0.15) is 0 Å². The van der Waals surface area contributed by atoms with Crippen molar-refractivity contribution in [3.05, 3.63) is 71.8 Å². The van der Waals surface area contributed by atoms with Crippen molar-refractivity contribution in [3.63, 3.8) is 0 Å². The Morgan fingerprint density at radius 1 is 0.897 bits per heavy atom. The van der Waals surface area contributed by atoms with Crippen LogP contribution in [-0.2, 0) is 16.1 Å². The summed E-state index contributed by atoms with van der Waals surface area (Å²) >= 11 is 0. The maximum Gasteiger partial charge on any atom is 0.339 e. The van der Waals surface area contributed by atoms with Crippen LogP contribution < -0.4 is 14.8 Å². The van der Waals surface area contributed by atoms with Crippen LogP contribution >= 0.6 is 0 Å². The third-order valence-electron chi connectivity index (χ3n) is 4.60. The fourth-order valence-electron chi connectivity index (χ4n) is 2.98. The highest BCUT2D eigenvalue weighted by Crippen LogP contribution is 2.28. The molecular weight excluding hydrogens is 370 g/mol. The Bertz CT molecular complexity index is 1010. The number of rotatable bonds is 7. The largest absolute Gasteiger partial charge is 0.497 e. The van der Waals surface area contributed by atoms with E-state index in [1.807, 2.05) is 48.5 Å². The Morgan fingerprint density at radius 3 is 2.24 bits per heavy atom. The molecule has 0 saturated carbocycles. The lowest BCUT2D eigenvalue weighted by atomic mass is 10.0. The molecule has 6 heteroatoms. The molecule has 1 N–H and O–H groups in total. The summed E-state index contributed by atoms with van der Waals surface area (Å²) in [6.45, 7) is 1.88. The normalized spacial score (nSPS) is 11.6. The molecule has 0 spiro atoms. The van der Waals surface area contributed by atoms with E-state index in [9.17, 15) is 9.59 Å². The fraction of sp³-hybridized carbons (Fsp3) is 0.217. The third-order valence-corrected chi connectivity index (χ3v) is 4.60. The Morgan fingerprint density at radius 2 is 1.59 bits per heavy atom. The Hall–Kier alpha value is -3.54. The zero-order valence-corrected chi connectivity index (χ0v) is 16.6. The summed E-state index contributed by atoms with van der Waals surface area (Å²) in [5, 5.41) is 4.29. The second-order valence-electron chi connectivity index (χ2n) is 6.47. The molecular formula is C23H23NO5. The topological polar surface area (TPSA) is 73.9 Å². The van der Waals surface area contributed by atoms with Crippen molar-refractivity contribution in [2.24, 2.45) is 0 Å². The van der Waals surface area contributed by atoms with E-state index in [2.05, 4.69) is 5.32 Å². The summed E-state index contributed by atoms with van der Waals surface area (Å²) in [6.07, 6.45) is -0.929. The molecule has 29 heavy (non-hydrogen) atoms. The van der Waals surface area contributed by atoms with Gasteiger partial charge in [0.1, 0.15) is 11.5 Å². The molecule has 3 aromatic carbocycles. The summed E-state index contributed by atoms with van der Waals surface area (Å²) in [6, 6.07) is 18.1. The van der Waals surface area contributed by atoms with E-state index in [1.54, 1.807) is 33.3 Å². The SMILES string of the molecule is COc1ccc(CNC(=O)[C@@H](C)OC(=O)c2ccc(OC)c3ccccc23)cc1. The molecule has 0 saturated heterocycles. The van der Waals surface area contributed by atoms with Gasteiger partial charge in [0.2, 0.25) is 0 Å². The van der Waals surface area contributed by atoms with E-state index in [-0.39, 0.29) is 5.91 Å². The number of benzene rings is 3. The lowest BCUT2D eigenvalue weighted by molar-refractivity contribution is -0.129. The minimum atomic E-state index is -0.929. The van der Waals surface area contributed by atoms with Crippen LogP contribution in [-0.4, -0.2) is 32.2 Å². The molecule has 0 radical (unpaired) electrons. The molecule has 0 aliphatic rings. The Labute approximate surface area is 169 Å². The number of hydrogen-bond donors (Lipinski definition) is 1. The Kier molecular flexibility index (Phi) is 6.34. The highest BCUT2D eigenvalue weighted by Gasteiger charge is 2.21. The molecule has 0 heterocycles. The summed E-state index contributed by atoms with van der Waals surface area (Å²) in [7, 11) is 3.17. The first kappa shape index (κ1) is 20.2. The van der Waals surface area contributed by atoms with Gasteiger partial charge < -0.3 is 19.5 Å². The third kappa shape index (κ3) is 4.66. The van der Waals surface area contributed by atoms with Gasteiger partial charge in [0, 0.05) is 11.9 Å². The zero-order valence-electron chi connectivity index (χ0n) is 16.6. The number of amides is 1. The predicted octanol–water partition coefficient (Wildman–Crippen LogP) is 3.72. The smallest absolute Gasteiger partial charge is 0.339 e. The van der Waals surface area contributed by atoms with Gasteiger partial charge in [-0.1, -0.05) is 36.4 Å². The lowest BCUT2D eigenvalue weighted by Crippen LogP contribution is -2.35. The Balaban J connectivity index is 1.65. The van der Waals surface area contributed by atoms with Crippen molar-refractivity contribution in [2.45, 2.75) is 19.6 Å². The quantitative estimate of drug-likeness (QED) is 0.620. The number of fused-ring (bicyclic) bond motifs is 1. The minimum absolute atomic E-state index is 0.330. The molecule has 0 aliphatic carbocycles. The van der Waals surface area contributed by atoms with Crippen LogP contribution in [0.3, 0.4) is 0 Å². The number of nitrogens with one attached hydrogen (secondary N) is 1. The van der Waals surface area contributed by atoms with E-state index in [4.69, 9.17) is 14.2 Å². The van der Waals surface area contributed by atoms with Crippen molar-refractivity contribution in [1.82, 2.24) is 5.32 Å². The predicted molar refractivity (Wildman–Crippen MR) is 110 cm³/mol. The molecule has 0 aromatic heterocycles. The van der Waals surface area contributed by atoms with Gasteiger partial charge in [0.25, 0.3) is 5.91 Å². The first-order valence-corrected chi connectivity index (χ1v) is 9.21. The summed E-state index contributed by atoms with van der Waals surface area (Å²) in [5.41, 5.74) is 1.30. The van der Waals surface area contributed by atoms with Crippen molar-refractivity contribution in [1.29, 1.82) is 0 Å². The van der Waals surface area contributed by atoms with E-state index in [0.29, 0.717) is 23.2 Å². The number of carbonyl (C=O) groups is 2. The molecule has 1 amide bonds. The monoisotopic (exact) mass is 393 g/mol. The molecule has 0 fully saturated rings. The van der Waals surface area contributed by atoms with Gasteiger partial charge >= 0.3 is 5.97 Å². The molecule has 3 aromatic rings. The number of carbonyl (C=O) groups excluding carboxylic acids is 2. The standard InChI is InChI=1S/C23H23NO5/c1-15(22(25)24-14-16-8-10-17(27-2)11-9-16)29-23(26)20-12-13-21(28-3)19-7-5-4-6-18(19)20/h4-13,15H,14H2,1-3H3,(H,24,25)/t15-/m1/s1. The van der Waals surface area contributed by atoms with Crippen molar-refractivity contribution < 1.29 is 23.8 Å². The number of esters is 1. The van der Waals surface area contributed by atoms with Gasteiger partial charge in [0.05, 0.1) is 19.8 Å². The maximum atomic E-state index is 12.7. The molecule has 6 nitrogen and oxygen atoms in total. The van der Waals surface area contributed by atoms with Crippen LogP contribution in [0.25, 0.3) is 10.8 Å². The zero-order chi connectivity index (χ0) is 20.8. The van der Waals surface area contributed by atoms with Crippen molar-refractivity contribution >= 4 is 22.6 Å². The van der Waals surface area contributed by atoms with Gasteiger partial charge in [-0.3, -0.25) is 4.79 Å². The van der Waals surface area contributed by atoms with E-state index < -0.39 is 12.1 Å². The maximum absolute atomic E-state index is 12.7. The lowest BCUT2D eigenvalue weighted by Gasteiger charge is -2.15. The van der Waals surface area contributed by atoms with Crippen LogP contribution in [0.15, 0.2) is 60.7 Å². The summed E-state index contributed by atoms with van der Waals surface area (Å²) in [4.78, 5) is 25.0. The minimum Gasteiger partial charge on any atom is -0.497 e. The number of ether oxygens (including phenoxy) is 3. The van der Waals surface area contributed by atoms with E-state index in [1.165, 1.54) is 0 Å². The number of hydrogen-bond acceptors (Lipinski definition) is 5. The molecule has 0 aliphatic heterocycles. The average Bonchev–Trinajstić information content (AvgIpc) is 2.76. The van der Waals surface area contributed by atoms with E-state index >= 15 is 0 Å². The van der Waals surface area contributed by atoms with E-state index in [0.717, 1.165) is 16.7 Å². The molecule has 3 rings (SSSR count). The van der Waals surface area contributed by atoms with Crippen molar-refractivity contribution in [3.8, 4) is 11.5 Å². The van der Waals surface area contributed by atoms with Gasteiger partial charge in [0.15, 0.2) is 6.10 Å². The second-order valence-corrected chi connectivity index (χ2v) is 6.47. The highest BCUT2D eigenvalue weighted by molar-refractivity contribution is 6.06. The van der Waals surface area contributed by atoms with Gasteiger partial charge in [-0.15, -0.1) is 0 Å². The average molecular weight is 393 g/mol. The summed E-state index contributed by atoms with van der Waals surface area (Å²) in [5.74, 6) is 0.486. The van der Waals surface area contributed by atoms with Crippen LogP contribution in [0.1, 0.15) is 22.8 Å². The number of methoxy groups -OCH3 is 2. The van der Waals surface area contributed by atoms with Crippen LogP contribution in [0.4, 0.5) is 0 Å².